The van der Waals surface area contributed by atoms with Gasteiger partial charge in [0.15, 0.2) is 0 Å². The second-order valence-electron chi connectivity index (χ2n) is 5.30. The molecule has 0 radical (unpaired) electrons. The number of rotatable bonds is 7. The largest absolute Gasteiger partial charge is 0.385 e. The highest BCUT2D eigenvalue weighted by Crippen LogP contribution is 2.33. The highest BCUT2D eigenvalue weighted by Gasteiger charge is 2.31. The summed E-state index contributed by atoms with van der Waals surface area (Å²) in [5.74, 6) is 0.443. The third-order valence-electron chi connectivity index (χ3n) is 3.51. The van der Waals surface area contributed by atoms with E-state index in [9.17, 15) is 5.11 Å². The Morgan fingerprint density at radius 2 is 1.72 bits per heavy atom. The summed E-state index contributed by atoms with van der Waals surface area (Å²) in [6.45, 7) is 4.05. The molecular formula is C15H23ClO2. The Labute approximate surface area is 115 Å². The lowest BCUT2D eigenvalue weighted by Gasteiger charge is -2.32. The van der Waals surface area contributed by atoms with E-state index in [1.54, 1.807) is 7.11 Å². The summed E-state index contributed by atoms with van der Waals surface area (Å²) in [7, 11) is 1.70. The van der Waals surface area contributed by atoms with E-state index in [2.05, 4.69) is 0 Å². The van der Waals surface area contributed by atoms with Crippen LogP contribution >= 0.6 is 11.6 Å². The molecule has 1 atom stereocenters. The molecule has 0 fully saturated rings. The lowest BCUT2D eigenvalue weighted by molar-refractivity contribution is -0.0302. The Morgan fingerprint density at radius 3 is 2.22 bits per heavy atom. The second kappa shape index (κ2) is 6.55. The van der Waals surface area contributed by atoms with Crippen molar-refractivity contribution in [3.63, 3.8) is 0 Å². The molecule has 18 heavy (non-hydrogen) atoms. The molecule has 0 heterocycles. The standard InChI is InChI=1S/C15H23ClO2/c1-14(2,18-3)9-10-15(17,11-12-16)13-7-5-4-6-8-13/h4-8,17H,9-12H2,1-3H3. The summed E-state index contributed by atoms with van der Waals surface area (Å²) in [4.78, 5) is 0. The molecule has 1 rings (SSSR count). The predicted octanol–water partition coefficient (Wildman–Crippen LogP) is 3.71. The van der Waals surface area contributed by atoms with Crippen LogP contribution in [0.2, 0.25) is 0 Å². The quantitative estimate of drug-likeness (QED) is 0.766. The van der Waals surface area contributed by atoms with Gasteiger partial charge in [-0.3, -0.25) is 0 Å². The van der Waals surface area contributed by atoms with Crippen molar-refractivity contribution in [2.45, 2.75) is 44.3 Å². The molecule has 0 aliphatic carbocycles. The van der Waals surface area contributed by atoms with E-state index in [1.165, 1.54) is 0 Å². The number of aliphatic hydroxyl groups is 1. The van der Waals surface area contributed by atoms with Gasteiger partial charge in [0.25, 0.3) is 0 Å². The first kappa shape index (κ1) is 15.5. The highest BCUT2D eigenvalue weighted by molar-refractivity contribution is 6.17. The maximum Gasteiger partial charge on any atom is 0.0909 e. The minimum atomic E-state index is -0.862. The number of benzene rings is 1. The maximum absolute atomic E-state index is 10.8. The van der Waals surface area contributed by atoms with Crippen molar-refractivity contribution in [3.8, 4) is 0 Å². The van der Waals surface area contributed by atoms with Crippen molar-refractivity contribution in [1.82, 2.24) is 0 Å². The third kappa shape index (κ3) is 4.27. The van der Waals surface area contributed by atoms with Crippen LogP contribution in [0.15, 0.2) is 30.3 Å². The number of ether oxygens (including phenoxy) is 1. The van der Waals surface area contributed by atoms with Crippen LogP contribution in [0, 0.1) is 0 Å². The van der Waals surface area contributed by atoms with Gasteiger partial charge >= 0.3 is 0 Å². The van der Waals surface area contributed by atoms with Crippen molar-refractivity contribution < 1.29 is 9.84 Å². The van der Waals surface area contributed by atoms with Gasteiger partial charge in [0.05, 0.1) is 11.2 Å². The summed E-state index contributed by atoms with van der Waals surface area (Å²) < 4.78 is 5.40. The van der Waals surface area contributed by atoms with E-state index in [1.807, 2.05) is 44.2 Å². The van der Waals surface area contributed by atoms with Crippen LogP contribution in [0.3, 0.4) is 0 Å². The fraction of sp³-hybridized carbons (Fsp3) is 0.600. The van der Waals surface area contributed by atoms with E-state index < -0.39 is 5.60 Å². The Morgan fingerprint density at radius 1 is 1.11 bits per heavy atom. The third-order valence-corrected chi connectivity index (χ3v) is 3.70. The molecule has 0 amide bonds. The minimum absolute atomic E-state index is 0.227. The van der Waals surface area contributed by atoms with Crippen LogP contribution < -0.4 is 0 Å². The minimum Gasteiger partial charge on any atom is -0.385 e. The fourth-order valence-corrected chi connectivity index (χ4v) is 2.24. The molecule has 1 aromatic carbocycles. The van der Waals surface area contributed by atoms with Crippen LogP contribution in [0.5, 0.6) is 0 Å². The van der Waals surface area contributed by atoms with Crippen molar-refractivity contribution in [1.29, 1.82) is 0 Å². The lowest BCUT2D eigenvalue weighted by atomic mass is 9.83. The molecule has 0 saturated heterocycles. The van der Waals surface area contributed by atoms with E-state index in [4.69, 9.17) is 16.3 Å². The summed E-state index contributed by atoms with van der Waals surface area (Å²) in [6.07, 6.45) is 1.98. The van der Waals surface area contributed by atoms with Gasteiger partial charge < -0.3 is 9.84 Å². The van der Waals surface area contributed by atoms with Crippen molar-refractivity contribution >= 4 is 11.6 Å². The Hall–Kier alpha value is -0.570. The van der Waals surface area contributed by atoms with Crippen LogP contribution in [0.25, 0.3) is 0 Å². The molecule has 1 unspecified atom stereocenters. The van der Waals surface area contributed by atoms with E-state index in [0.717, 1.165) is 12.0 Å². The van der Waals surface area contributed by atoms with Crippen molar-refractivity contribution in [2.24, 2.45) is 0 Å². The van der Waals surface area contributed by atoms with E-state index in [-0.39, 0.29) is 5.60 Å². The molecular weight excluding hydrogens is 248 g/mol. The first-order valence-electron chi connectivity index (χ1n) is 6.32. The fourth-order valence-electron chi connectivity index (χ4n) is 1.93. The molecule has 0 aromatic heterocycles. The van der Waals surface area contributed by atoms with Crippen LogP contribution in [-0.2, 0) is 10.3 Å². The van der Waals surface area contributed by atoms with Gasteiger partial charge in [-0.15, -0.1) is 11.6 Å². The molecule has 3 heteroatoms. The highest BCUT2D eigenvalue weighted by atomic mass is 35.5. The van der Waals surface area contributed by atoms with Gasteiger partial charge in [0, 0.05) is 13.0 Å². The van der Waals surface area contributed by atoms with Gasteiger partial charge in [0.2, 0.25) is 0 Å². The summed E-state index contributed by atoms with van der Waals surface area (Å²) in [5, 5.41) is 10.8. The number of hydrogen-bond donors (Lipinski definition) is 1. The van der Waals surface area contributed by atoms with Gasteiger partial charge in [0.1, 0.15) is 0 Å². The normalized spacial score (nSPS) is 15.4. The average Bonchev–Trinajstić information content (AvgIpc) is 2.38. The number of hydrogen-bond acceptors (Lipinski definition) is 2. The second-order valence-corrected chi connectivity index (χ2v) is 5.68. The van der Waals surface area contributed by atoms with Crippen LogP contribution in [-0.4, -0.2) is 23.7 Å². The summed E-state index contributed by atoms with van der Waals surface area (Å²) in [6, 6.07) is 9.73. The Bertz CT molecular complexity index is 351. The van der Waals surface area contributed by atoms with E-state index in [0.29, 0.717) is 18.7 Å². The average molecular weight is 271 g/mol. The first-order chi connectivity index (χ1) is 8.43. The maximum atomic E-state index is 10.8. The van der Waals surface area contributed by atoms with Crippen molar-refractivity contribution in [3.05, 3.63) is 35.9 Å². The van der Waals surface area contributed by atoms with Gasteiger partial charge in [-0.05, 0) is 38.7 Å². The monoisotopic (exact) mass is 270 g/mol. The number of halogens is 1. The number of methoxy groups -OCH3 is 1. The molecule has 0 spiro atoms. The molecule has 0 aliphatic heterocycles. The molecule has 0 saturated carbocycles. The first-order valence-corrected chi connectivity index (χ1v) is 6.86. The molecule has 0 bridgehead atoms. The Balaban J connectivity index is 2.81. The molecule has 2 nitrogen and oxygen atoms in total. The smallest absolute Gasteiger partial charge is 0.0909 e. The number of alkyl halides is 1. The zero-order chi connectivity index (χ0) is 13.6. The van der Waals surface area contributed by atoms with E-state index >= 15 is 0 Å². The van der Waals surface area contributed by atoms with Crippen LogP contribution in [0.1, 0.15) is 38.7 Å². The summed E-state index contributed by atoms with van der Waals surface area (Å²) >= 11 is 5.83. The topological polar surface area (TPSA) is 29.5 Å². The Kier molecular flexibility index (Phi) is 5.64. The summed E-state index contributed by atoms with van der Waals surface area (Å²) in [5.41, 5.74) is -0.161. The molecule has 102 valence electrons. The van der Waals surface area contributed by atoms with Gasteiger partial charge in [-0.25, -0.2) is 0 Å². The van der Waals surface area contributed by atoms with Crippen LogP contribution in [0.4, 0.5) is 0 Å². The SMILES string of the molecule is COC(C)(C)CCC(O)(CCCl)c1ccccc1. The van der Waals surface area contributed by atoms with Gasteiger partial charge in [-0.2, -0.15) is 0 Å². The van der Waals surface area contributed by atoms with Gasteiger partial charge in [-0.1, -0.05) is 30.3 Å². The zero-order valence-corrected chi connectivity index (χ0v) is 12.2. The predicted molar refractivity (Wildman–Crippen MR) is 76.0 cm³/mol. The lowest BCUT2D eigenvalue weighted by Crippen LogP contribution is -2.31. The molecule has 1 N–H and O–H groups in total. The molecule has 0 aliphatic rings. The van der Waals surface area contributed by atoms with Crippen molar-refractivity contribution in [2.75, 3.05) is 13.0 Å². The molecule has 1 aromatic rings. The zero-order valence-electron chi connectivity index (χ0n) is 11.4.